The Morgan fingerprint density at radius 1 is 1.03 bits per heavy atom. The molecule has 0 spiro atoms. The highest BCUT2D eigenvalue weighted by Gasteiger charge is 2.12. The van der Waals surface area contributed by atoms with E-state index < -0.39 is 0 Å². The second kappa shape index (κ2) is 10.2. The molecule has 0 radical (unpaired) electrons. The van der Waals surface area contributed by atoms with Crippen LogP contribution in [0.25, 0.3) is 5.65 Å². The number of halogens is 1. The van der Waals surface area contributed by atoms with Crippen LogP contribution in [0, 0.1) is 0 Å². The maximum Gasteiger partial charge on any atom is 0.220 e. The number of hydrogen-bond acceptors (Lipinski definition) is 5. The third-order valence-electron chi connectivity index (χ3n) is 5.26. The fourth-order valence-corrected chi connectivity index (χ4v) is 3.48. The predicted octanol–water partition coefficient (Wildman–Crippen LogP) is 4.24. The maximum atomic E-state index is 12.3. The summed E-state index contributed by atoms with van der Waals surface area (Å²) in [5.41, 5.74) is 2.95. The van der Waals surface area contributed by atoms with Crippen LogP contribution in [-0.2, 0) is 17.8 Å². The van der Waals surface area contributed by atoms with Crippen LogP contribution in [0.4, 0.5) is 5.82 Å². The van der Waals surface area contributed by atoms with Crippen LogP contribution in [0.2, 0.25) is 5.02 Å². The minimum absolute atomic E-state index is 0.0125. The van der Waals surface area contributed by atoms with Gasteiger partial charge < -0.3 is 10.6 Å². The number of nitrogens with one attached hydrogen (secondary N) is 2. The molecule has 8 heteroatoms. The summed E-state index contributed by atoms with van der Waals surface area (Å²) >= 11 is 5.94. The van der Waals surface area contributed by atoms with E-state index in [4.69, 9.17) is 11.6 Å². The number of benzene rings is 2. The molecule has 4 aromatic rings. The van der Waals surface area contributed by atoms with Gasteiger partial charge in [0.2, 0.25) is 5.91 Å². The van der Waals surface area contributed by atoms with Crippen molar-refractivity contribution in [1.82, 2.24) is 25.1 Å². The lowest BCUT2D eigenvalue weighted by Gasteiger charge is -2.12. The monoisotopic (exact) mass is 448 g/mol. The Bertz CT molecular complexity index is 1180. The molecule has 2 N–H and O–H groups in total. The number of rotatable bonds is 9. The third kappa shape index (κ3) is 5.62. The molecule has 0 saturated carbocycles. The zero-order valence-electron chi connectivity index (χ0n) is 17.8. The highest BCUT2D eigenvalue weighted by atomic mass is 35.5. The van der Waals surface area contributed by atoms with Crippen LogP contribution >= 0.6 is 11.6 Å². The number of fused-ring (bicyclic) bond motifs is 1. The molecule has 0 aliphatic carbocycles. The molecule has 0 aliphatic rings. The molecule has 1 amide bonds. The number of nitrogens with zero attached hydrogens (tertiary/aromatic N) is 4. The number of amides is 1. The van der Waals surface area contributed by atoms with Gasteiger partial charge in [-0.1, -0.05) is 61.0 Å². The normalized spacial score (nSPS) is 11.9. The molecule has 32 heavy (non-hydrogen) atoms. The Morgan fingerprint density at radius 2 is 1.81 bits per heavy atom. The first-order chi connectivity index (χ1) is 15.6. The average molecular weight is 449 g/mol. The summed E-state index contributed by atoms with van der Waals surface area (Å²) < 4.78 is 1.68. The molecule has 0 unspecified atom stereocenters. The Labute approximate surface area is 191 Å². The molecular formula is C24H25ClN6O. The molecule has 0 bridgehead atoms. The van der Waals surface area contributed by atoms with Gasteiger partial charge in [-0.15, -0.1) is 15.3 Å². The van der Waals surface area contributed by atoms with Gasteiger partial charge in [0.25, 0.3) is 0 Å². The summed E-state index contributed by atoms with van der Waals surface area (Å²) in [6, 6.07) is 21.5. The van der Waals surface area contributed by atoms with Crippen molar-refractivity contribution in [2.75, 3.05) is 11.9 Å². The minimum Gasteiger partial charge on any atom is -0.365 e. The maximum absolute atomic E-state index is 12.3. The first-order valence-corrected chi connectivity index (χ1v) is 11.0. The number of aryl methyl sites for hydroxylation is 1. The molecule has 1 atom stereocenters. The van der Waals surface area contributed by atoms with Crippen LogP contribution in [0.15, 0.2) is 66.7 Å². The zero-order valence-corrected chi connectivity index (χ0v) is 18.6. The van der Waals surface area contributed by atoms with Crippen molar-refractivity contribution >= 4 is 29.0 Å². The highest BCUT2D eigenvalue weighted by Crippen LogP contribution is 2.14. The SMILES string of the molecule is C[C@@H](CNC(=O)CCc1nnc2ccc(NCc3ccc(Cl)cc3)nn12)c1ccccc1. The van der Waals surface area contributed by atoms with E-state index in [0.29, 0.717) is 48.2 Å². The zero-order chi connectivity index (χ0) is 22.3. The van der Waals surface area contributed by atoms with Crippen molar-refractivity contribution in [3.63, 3.8) is 0 Å². The van der Waals surface area contributed by atoms with Crippen molar-refractivity contribution in [2.45, 2.75) is 32.2 Å². The van der Waals surface area contributed by atoms with Crippen LogP contribution in [0.1, 0.15) is 36.2 Å². The molecular weight excluding hydrogens is 424 g/mol. The van der Waals surface area contributed by atoms with Gasteiger partial charge in [-0.05, 0) is 41.3 Å². The van der Waals surface area contributed by atoms with Gasteiger partial charge in [0.1, 0.15) is 5.82 Å². The summed E-state index contributed by atoms with van der Waals surface area (Å²) in [5.74, 6) is 1.60. The number of carbonyl (C=O) groups is 1. The van der Waals surface area contributed by atoms with Crippen molar-refractivity contribution in [2.24, 2.45) is 0 Å². The smallest absolute Gasteiger partial charge is 0.220 e. The Kier molecular flexibility index (Phi) is 6.97. The van der Waals surface area contributed by atoms with Crippen LogP contribution < -0.4 is 10.6 Å². The van der Waals surface area contributed by atoms with E-state index in [1.807, 2.05) is 54.6 Å². The molecule has 2 heterocycles. The highest BCUT2D eigenvalue weighted by molar-refractivity contribution is 6.30. The molecule has 4 rings (SSSR count). The Morgan fingerprint density at radius 3 is 2.59 bits per heavy atom. The Balaban J connectivity index is 1.32. The van der Waals surface area contributed by atoms with Gasteiger partial charge in [0.15, 0.2) is 11.5 Å². The van der Waals surface area contributed by atoms with Crippen molar-refractivity contribution in [1.29, 1.82) is 0 Å². The van der Waals surface area contributed by atoms with E-state index in [2.05, 4.69) is 45.0 Å². The van der Waals surface area contributed by atoms with Gasteiger partial charge in [-0.2, -0.15) is 4.52 Å². The Hall–Kier alpha value is -3.45. The van der Waals surface area contributed by atoms with E-state index in [1.165, 1.54) is 5.56 Å². The molecule has 0 saturated heterocycles. The standard InChI is InChI=1S/C24H25ClN6O/c1-17(19-5-3-2-4-6-19)15-27-24(32)14-13-23-29-28-22-12-11-21(30-31(22)23)26-16-18-7-9-20(25)10-8-18/h2-12,17H,13-16H2,1H3,(H,26,30)(H,27,32)/t17-/m0/s1. The molecule has 0 fully saturated rings. The minimum atomic E-state index is -0.0125. The summed E-state index contributed by atoms with van der Waals surface area (Å²) in [4.78, 5) is 12.3. The third-order valence-corrected chi connectivity index (χ3v) is 5.52. The second-order valence-electron chi connectivity index (χ2n) is 7.70. The van der Waals surface area contributed by atoms with E-state index in [-0.39, 0.29) is 11.8 Å². The lowest BCUT2D eigenvalue weighted by Crippen LogP contribution is -2.27. The van der Waals surface area contributed by atoms with E-state index >= 15 is 0 Å². The van der Waals surface area contributed by atoms with Crippen molar-refractivity contribution < 1.29 is 4.79 Å². The summed E-state index contributed by atoms with van der Waals surface area (Å²) in [6.07, 6.45) is 0.784. The quantitative estimate of drug-likeness (QED) is 0.400. The van der Waals surface area contributed by atoms with Gasteiger partial charge in [-0.3, -0.25) is 4.79 Å². The lowest BCUT2D eigenvalue weighted by atomic mass is 10.0. The van der Waals surface area contributed by atoms with Gasteiger partial charge in [0, 0.05) is 31.0 Å². The predicted molar refractivity (Wildman–Crippen MR) is 126 cm³/mol. The van der Waals surface area contributed by atoms with Gasteiger partial charge in [0.05, 0.1) is 0 Å². The molecule has 2 aromatic carbocycles. The molecule has 0 aliphatic heterocycles. The van der Waals surface area contributed by atoms with E-state index in [9.17, 15) is 4.79 Å². The molecule has 164 valence electrons. The topological polar surface area (TPSA) is 84.2 Å². The second-order valence-corrected chi connectivity index (χ2v) is 8.14. The number of aromatic nitrogens is 4. The van der Waals surface area contributed by atoms with Crippen LogP contribution in [0.3, 0.4) is 0 Å². The largest absolute Gasteiger partial charge is 0.365 e. The lowest BCUT2D eigenvalue weighted by molar-refractivity contribution is -0.121. The summed E-state index contributed by atoms with van der Waals surface area (Å²) in [6.45, 7) is 3.32. The average Bonchev–Trinajstić information content (AvgIpc) is 3.23. The van der Waals surface area contributed by atoms with E-state index in [0.717, 1.165) is 5.56 Å². The summed E-state index contributed by atoms with van der Waals surface area (Å²) in [7, 11) is 0. The van der Waals surface area contributed by atoms with E-state index in [1.54, 1.807) is 4.52 Å². The molecule has 2 aromatic heterocycles. The van der Waals surface area contributed by atoms with Crippen LogP contribution in [0.5, 0.6) is 0 Å². The fourth-order valence-electron chi connectivity index (χ4n) is 3.36. The number of hydrogen-bond donors (Lipinski definition) is 2. The first-order valence-electron chi connectivity index (χ1n) is 10.6. The van der Waals surface area contributed by atoms with Gasteiger partial charge >= 0.3 is 0 Å². The fraction of sp³-hybridized carbons (Fsp3) is 0.250. The first kappa shape index (κ1) is 21.8. The van der Waals surface area contributed by atoms with Crippen molar-refractivity contribution in [3.8, 4) is 0 Å². The summed E-state index contributed by atoms with van der Waals surface area (Å²) in [5, 5.41) is 20.0. The number of carbonyl (C=O) groups excluding carboxylic acids is 1. The van der Waals surface area contributed by atoms with Gasteiger partial charge in [-0.25, -0.2) is 0 Å². The molecule has 7 nitrogen and oxygen atoms in total. The number of anilines is 1. The van der Waals surface area contributed by atoms with Crippen molar-refractivity contribution in [3.05, 3.63) is 88.7 Å². The van der Waals surface area contributed by atoms with Crippen LogP contribution in [-0.4, -0.2) is 32.3 Å².